The minimum Gasteiger partial charge on any atom is -0.343 e. The number of hydrogen-bond acceptors (Lipinski definition) is 4. The molecule has 1 amide bonds. The van der Waals surface area contributed by atoms with E-state index in [4.69, 9.17) is 0 Å². The van der Waals surface area contributed by atoms with E-state index in [-0.39, 0.29) is 11.5 Å². The van der Waals surface area contributed by atoms with Crippen molar-refractivity contribution in [3.05, 3.63) is 64.7 Å². The zero-order valence-electron chi connectivity index (χ0n) is 16.7. The lowest BCUT2D eigenvalue weighted by Crippen LogP contribution is -2.27. The second kappa shape index (κ2) is 9.43. The van der Waals surface area contributed by atoms with Crippen molar-refractivity contribution in [1.29, 1.82) is 0 Å². The quantitative estimate of drug-likeness (QED) is 0.320. The van der Waals surface area contributed by atoms with Crippen LogP contribution in [0.2, 0.25) is 0 Å². The third kappa shape index (κ3) is 4.56. The molecule has 1 aliphatic rings. The fourth-order valence-corrected chi connectivity index (χ4v) is 4.73. The van der Waals surface area contributed by atoms with Gasteiger partial charge in [0.05, 0.1) is 16.6 Å². The maximum absolute atomic E-state index is 13.8. The van der Waals surface area contributed by atoms with Gasteiger partial charge in [-0.15, -0.1) is 0 Å². The lowest BCUT2D eigenvalue weighted by molar-refractivity contribution is -0.130. The molecule has 0 radical (unpaired) electrons. The van der Waals surface area contributed by atoms with E-state index >= 15 is 0 Å². The number of unbranched alkanes of at least 4 members (excludes halogenated alkanes) is 1. The van der Waals surface area contributed by atoms with Crippen molar-refractivity contribution in [2.75, 3.05) is 18.8 Å². The zero-order chi connectivity index (χ0) is 20.9. The fourth-order valence-electron chi connectivity index (χ4n) is 3.72. The summed E-state index contributed by atoms with van der Waals surface area (Å²) in [7, 11) is 0. The smallest absolute Gasteiger partial charge is 0.266 e. The predicted octanol–water partition coefficient (Wildman–Crippen LogP) is 4.41. The molecule has 0 bridgehead atoms. The van der Waals surface area contributed by atoms with Gasteiger partial charge in [0.1, 0.15) is 5.82 Å². The van der Waals surface area contributed by atoms with E-state index in [9.17, 15) is 14.0 Å². The van der Waals surface area contributed by atoms with Crippen molar-refractivity contribution in [2.45, 2.75) is 37.3 Å². The van der Waals surface area contributed by atoms with Crippen LogP contribution < -0.4 is 5.56 Å². The Hall–Kier alpha value is -2.67. The topological polar surface area (TPSA) is 55.2 Å². The molecule has 0 unspecified atom stereocenters. The maximum Gasteiger partial charge on any atom is 0.266 e. The third-order valence-corrected chi connectivity index (χ3v) is 6.31. The van der Waals surface area contributed by atoms with Crippen LogP contribution in [0.25, 0.3) is 16.6 Å². The van der Waals surface area contributed by atoms with Gasteiger partial charge in [-0.25, -0.2) is 9.37 Å². The number of nitrogens with zero attached hydrogens (tertiary/aromatic N) is 3. The number of amides is 1. The first kappa shape index (κ1) is 20.6. The van der Waals surface area contributed by atoms with Gasteiger partial charge in [0.25, 0.3) is 5.56 Å². The molecule has 1 aromatic heterocycles. The highest BCUT2D eigenvalue weighted by Crippen LogP contribution is 2.23. The van der Waals surface area contributed by atoms with Crippen LogP contribution in [0.3, 0.4) is 0 Å². The van der Waals surface area contributed by atoms with Crippen LogP contribution >= 0.6 is 11.8 Å². The molecule has 2 aromatic carbocycles. The van der Waals surface area contributed by atoms with Gasteiger partial charge in [-0.1, -0.05) is 30.0 Å². The number of rotatable bonds is 7. The van der Waals surface area contributed by atoms with Crippen molar-refractivity contribution < 1.29 is 9.18 Å². The van der Waals surface area contributed by atoms with E-state index in [2.05, 4.69) is 4.98 Å². The molecule has 1 saturated heterocycles. The molecule has 1 fully saturated rings. The first-order chi connectivity index (χ1) is 14.6. The van der Waals surface area contributed by atoms with Gasteiger partial charge in [0.2, 0.25) is 5.91 Å². The van der Waals surface area contributed by atoms with Gasteiger partial charge < -0.3 is 4.90 Å². The predicted molar refractivity (Wildman–Crippen MR) is 118 cm³/mol. The minimum absolute atomic E-state index is 0.210. The second-order valence-corrected chi connectivity index (χ2v) is 8.49. The monoisotopic (exact) mass is 425 g/mol. The Morgan fingerprint density at radius 3 is 2.67 bits per heavy atom. The van der Waals surface area contributed by atoms with Crippen LogP contribution in [0.1, 0.15) is 32.1 Å². The number of benzene rings is 2. The van der Waals surface area contributed by atoms with E-state index in [0.29, 0.717) is 28.2 Å². The van der Waals surface area contributed by atoms with Crippen molar-refractivity contribution in [1.82, 2.24) is 14.5 Å². The van der Waals surface area contributed by atoms with Gasteiger partial charge in [0, 0.05) is 25.3 Å². The summed E-state index contributed by atoms with van der Waals surface area (Å²) < 4.78 is 15.3. The summed E-state index contributed by atoms with van der Waals surface area (Å²) in [6.45, 7) is 1.77. The van der Waals surface area contributed by atoms with E-state index in [1.807, 2.05) is 17.0 Å². The van der Waals surface area contributed by atoms with Crippen molar-refractivity contribution in [2.24, 2.45) is 0 Å². The molecular weight excluding hydrogens is 401 g/mol. The Labute approximate surface area is 178 Å². The van der Waals surface area contributed by atoms with E-state index < -0.39 is 5.82 Å². The molecule has 4 rings (SSSR count). The Bertz CT molecular complexity index is 1110. The van der Waals surface area contributed by atoms with Crippen LogP contribution in [0.4, 0.5) is 4.39 Å². The van der Waals surface area contributed by atoms with Gasteiger partial charge in [0.15, 0.2) is 5.16 Å². The number of halogens is 1. The lowest BCUT2D eigenvalue weighted by atomic mass is 10.2. The molecule has 30 heavy (non-hydrogen) atoms. The number of aromatic nitrogens is 2. The number of likely N-dealkylation sites (tertiary alicyclic amines) is 1. The summed E-state index contributed by atoms with van der Waals surface area (Å²) in [6, 6.07) is 13.2. The van der Waals surface area contributed by atoms with E-state index in [1.165, 1.54) is 28.5 Å². The van der Waals surface area contributed by atoms with Crippen LogP contribution in [0.15, 0.2) is 58.5 Å². The Kier molecular flexibility index (Phi) is 6.47. The molecule has 0 aliphatic carbocycles. The largest absolute Gasteiger partial charge is 0.343 e. The molecule has 156 valence electrons. The second-order valence-electron chi connectivity index (χ2n) is 7.43. The first-order valence-corrected chi connectivity index (χ1v) is 11.3. The fraction of sp³-hybridized carbons (Fsp3) is 0.348. The number of carbonyl (C=O) groups is 1. The Morgan fingerprint density at radius 1 is 1.07 bits per heavy atom. The normalized spacial score (nSPS) is 13.8. The molecule has 0 atom stereocenters. The average Bonchev–Trinajstić information content (AvgIpc) is 3.29. The molecular formula is C23H24FN3O2S. The van der Waals surface area contributed by atoms with Crippen LogP contribution in [0.5, 0.6) is 0 Å². The third-order valence-electron chi connectivity index (χ3n) is 5.29. The molecule has 5 nitrogen and oxygen atoms in total. The molecule has 0 saturated carbocycles. The summed E-state index contributed by atoms with van der Waals surface area (Å²) in [5.41, 5.74) is 0.879. The van der Waals surface area contributed by atoms with Crippen LogP contribution in [-0.4, -0.2) is 39.2 Å². The van der Waals surface area contributed by atoms with Crippen molar-refractivity contribution >= 4 is 28.6 Å². The van der Waals surface area contributed by atoms with Gasteiger partial charge in [-0.05, 0) is 56.0 Å². The number of carbonyl (C=O) groups excluding carboxylic acids is 1. The van der Waals surface area contributed by atoms with Gasteiger partial charge in [-0.2, -0.15) is 0 Å². The highest BCUT2D eigenvalue weighted by Gasteiger charge is 2.17. The molecule has 0 spiro atoms. The van der Waals surface area contributed by atoms with Gasteiger partial charge in [-0.3, -0.25) is 14.2 Å². The molecule has 1 aliphatic heterocycles. The number of fused-ring (bicyclic) bond motifs is 1. The zero-order valence-corrected chi connectivity index (χ0v) is 17.5. The summed E-state index contributed by atoms with van der Waals surface area (Å²) in [6.07, 6.45) is 4.41. The number of para-hydroxylation sites is 1. The van der Waals surface area contributed by atoms with Crippen LogP contribution in [0, 0.1) is 5.82 Å². The maximum atomic E-state index is 13.8. The standard InChI is InChI=1S/C23H24FN3O2S/c24-17-8-7-9-18(16-17)27-22(29)19-10-1-2-11-20(19)25-23(27)30-15-6-3-12-21(28)26-13-4-5-14-26/h1-2,7-11,16H,3-6,12-15H2. The highest BCUT2D eigenvalue weighted by molar-refractivity contribution is 7.99. The summed E-state index contributed by atoms with van der Waals surface area (Å²) in [5, 5.41) is 1.04. The molecule has 7 heteroatoms. The Balaban J connectivity index is 1.50. The van der Waals surface area contributed by atoms with E-state index in [0.717, 1.165) is 44.5 Å². The minimum atomic E-state index is -0.399. The molecule has 0 N–H and O–H groups in total. The van der Waals surface area contributed by atoms with Crippen molar-refractivity contribution in [3.63, 3.8) is 0 Å². The van der Waals surface area contributed by atoms with E-state index in [1.54, 1.807) is 24.3 Å². The summed E-state index contributed by atoms with van der Waals surface area (Å²) >= 11 is 1.47. The first-order valence-electron chi connectivity index (χ1n) is 10.3. The van der Waals surface area contributed by atoms with Crippen molar-refractivity contribution in [3.8, 4) is 5.69 Å². The van der Waals surface area contributed by atoms with Crippen LogP contribution in [-0.2, 0) is 4.79 Å². The lowest BCUT2D eigenvalue weighted by Gasteiger charge is -2.15. The number of hydrogen-bond donors (Lipinski definition) is 0. The highest BCUT2D eigenvalue weighted by atomic mass is 32.2. The molecule has 2 heterocycles. The van der Waals surface area contributed by atoms with Gasteiger partial charge >= 0.3 is 0 Å². The summed E-state index contributed by atoms with van der Waals surface area (Å²) in [4.78, 5) is 31.9. The Morgan fingerprint density at radius 2 is 1.87 bits per heavy atom. The summed E-state index contributed by atoms with van der Waals surface area (Å²) in [5.74, 6) is 0.565. The molecule has 3 aromatic rings. The SMILES string of the molecule is O=C(CCCCSc1nc2ccccc2c(=O)n1-c1cccc(F)c1)N1CCCC1. The number of thioether (sulfide) groups is 1. The average molecular weight is 426 g/mol.